The van der Waals surface area contributed by atoms with Crippen LogP contribution in [0.5, 0.6) is 0 Å². The van der Waals surface area contributed by atoms with Gasteiger partial charge in [-0.05, 0) is 24.7 Å². The number of likely N-dealkylation sites (tertiary alicyclic amines) is 1. The van der Waals surface area contributed by atoms with Gasteiger partial charge in [0.25, 0.3) is 0 Å². The molecule has 1 aliphatic carbocycles. The van der Waals surface area contributed by atoms with E-state index < -0.39 is 5.82 Å². The van der Waals surface area contributed by atoms with Gasteiger partial charge in [0.1, 0.15) is 0 Å². The first-order valence-corrected chi connectivity index (χ1v) is 9.82. The molecule has 0 radical (unpaired) electrons. The third-order valence-electron chi connectivity index (χ3n) is 6.54. The summed E-state index contributed by atoms with van der Waals surface area (Å²) in [5.74, 6) is 1.42. The fourth-order valence-corrected chi connectivity index (χ4v) is 5.09. The van der Waals surface area contributed by atoms with Crippen molar-refractivity contribution in [3.05, 3.63) is 18.2 Å². The number of anilines is 1. The lowest BCUT2D eigenvalue weighted by molar-refractivity contribution is -0.138. The highest BCUT2D eigenvalue weighted by Gasteiger charge is 2.59. The molecule has 0 N–H and O–H groups in total. The van der Waals surface area contributed by atoms with Gasteiger partial charge >= 0.3 is 0 Å². The molecule has 0 bridgehead atoms. The van der Waals surface area contributed by atoms with Crippen LogP contribution in [0.1, 0.15) is 12.8 Å². The number of rotatable bonds is 2. The molecule has 1 aromatic rings. The molecule has 5 rings (SSSR count). The van der Waals surface area contributed by atoms with Crippen LogP contribution in [-0.4, -0.2) is 73.4 Å². The molecule has 4 atom stereocenters. The molecular formula is C19H25FN4O3. The SMILES string of the molecule is O=C(C1[C@H]2COC[C@@H]12)N1CCCC2(COCCN(c3ncc(F)cn3)C2)C1. The van der Waals surface area contributed by atoms with Crippen LogP contribution >= 0.6 is 0 Å². The van der Waals surface area contributed by atoms with Crippen LogP contribution in [0.2, 0.25) is 0 Å². The van der Waals surface area contributed by atoms with Crippen LogP contribution in [0.25, 0.3) is 0 Å². The van der Waals surface area contributed by atoms with Gasteiger partial charge < -0.3 is 19.3 Å². The zero-order valence-electron chi connectivity index (χ0n) is 15.3. The van der Waals surface area contributed by atoms with Gasteiger partial charge in [-0.1, -0.05) is 0 Å². The summed E-state index contributed by atoms with van der Waals surface area (Å²) in [5.41, 5.74) is -0.122. The molecule has 7 nitrogen and oxygen atoms in total. The summed E-state index contributed by atoms with van der Waals surface area (Å²) >= 11 is 0. The van der Waals surface area contributed by atoms with E-state index in [1.54, 1.807) is 0 Å². The highest BCUT2D eigenvalue weighted by Crippen LogP contribution is 2.52. The lowest BCUT2D eigenvalue weighted by atomic mass is 9.80. The average molecular weight is 376 g/mol. The van der Waals surface area contributed by atoms with Crippen LogP contribution in [0, 0.1) is 29.0 Å². The molecule has 4 fully saturated rings. The Hall–Kier alpha value is -1.80. The Labute approximate surface area is 157 Å². The molecule has 0 aromatic carbocycles. The van der Waals surface area contributed by atoms with Gasteiger partial charge in [0.05, 0.1) is 38.8 Å². The number of hydrogen-bond donors (Lipinski definition) is 0. The zero-order valence-corrected chi connectivity index (χ0v) is 15.3. The number of halogens is 1. The van der Waals surface area contributed by atoms with Crippen molar-refractivity contribution in [3.63, 3.8) is 0 Å². The predicted octanol–water partition coefficient (Wildman–Crippen LogP) is 0.953. The Morgan fingerprint density at radius 3 is 2.70 bits per heavy atom. The molecule has 1 amide bonds. The minimum Gasteiger partial charge on any atom is -0.381 e. The smallest absolute Gasteiger partial charge is 0.226 e. The molecule has 1 aromatic heterocycles. The summed E-state index contributed by atoms with van der Waals surface area (Å²) in [6, 6.07) is 0. The number of amides is 1. The van der Waals surface area contributed by atoms with Crippen LogP contribution < -0.4 is 4.90 Å². The number of hydrogen-bond acceptors (Lipinski definition) is 6. The molecule has 8 heteroatoms. The normalized spacial score (nSPS) is 35.8. The maximum absolute atomic E-state index is 13.2. The minimum atomic E-state index is -0.437. The maximum atomic E-state index is 13.2. The van der Waals surface area contributed by atoms with E-state index in [9.17, 15) is 9.18 Å². The van der Waals surface area contributed by atoms with Crippen LogP contribution in [-0.2, 0) is 14.3 Å². The highest BCUT2D eigenvalue weighted by molar-refractivity contribution is 5.82. The first-order chi connectivity index (χ1) is 13.2. The number of carbonyl (C=O) groups is 1. The van der Waals surface area contributed by atoms with Gasteiger partial charge in [-0.25, -0.2) is 14.4 Å². The van der Waals surface area contributed by atoms with Crippen LogP contribution in [0.3, 0.4) is 0 Å². The van der Waals surface area contributed by atoms with Crippen molar-refractivity contribution < 1.29 is 18.7 Å². The van der Waals surface area contributed by atoms with Crippen molar-refractivity contribution in [2.45, 2.75) is 12.8 Å². The summed E-state index contributed by atoms with van der Waals surface area (Å²) in [5, 5.41) is 0. The van der Waals surface area contributed by atoms with E-state index in [-0.39, 0.29) is 11.3 Å². The van der Waals surface area contributed by atoms with Crippen molar-refractivity contribution in [1.82, 2.24) is 14.9 Å². The first kappa shape index (κ1) is 17.3. The largest absolute Gasteiger partial charge is 0.381 e. The second-order valence-corrected chi connectivity index (χ2v) is 8.43. The third kappa shape index (κ3) is 3.18. The molecular weight excluding hydrogens is 351 g/mol. The molecule has 1 spiro atoms. The molecule has 3 aliphatic heterocycles. The van der Waals surface area contributed by atoms with E-state index in [0.29, 0.717) is 50.0 Å². The fourth-order valence-electron chi connectivity index (χ4n) is 5.09. The van der Waals surface area contributed by atoms with Gasteiger partial charge in [0, 0.05) is 37.5 Å². The minimum absolute atomic E-state index is 0.122. The molecule has 2 unspecified atom stereocenters. The van der Waals surface area contributed by atoms with E-state index in [0.717, 1.165) is 39.1 Å². The Bertz CT molecular complexity index is 707. The summed E-state index contributed by atoms with van der Waals surface area (Å²) in [4.78, 5) is 25.4. The van der Waals surface area contributed by atoms with E-state index in [1.165, 1.54) is 12.4 Å². The lowest BCUT2D eigenvalue weighted by Gasteiger charge is -2.43. The second-order valence-electron chi connectivity index (χ2n) is 8.43. The topological polar surface area (TPSA) is 67.8 Å². The third-order valence-corrected chi connectivity index (χ3v) is 6.54. The predicted molar refractivity (Wildman–Crippen MR) is 94.6 cm³/mol. The number of aromatic nitrogens is 2. The van der Waals surface area contributed by atoms with Gasteiger partial charge in [-0.2, -0.15) is 0 Å². The number of fused-ring (bicyclic) bond motifs is 1. The van der Waals surface area contributed by atoms with E-state index in [2.05, 4.69) is 14.9 Å². The number of carbonyl (C=O) groups excluding carboxylic acids is 1. The quantitative estimate of drug-likeness (QED) is 0.766. The summed E-state index contributed by atoms with van der Waals surface area (Å²) in [6.45, 7) is 5.62. The van der Waals surface area contributed by atoms with E-state index in [1.807, 2.05) is 4.90 Å². The number of ether oxygens (including phenoxy) is 2. The second kappa shape index (κ2) is 6.67. The molecule has 3 saturated heterocycles. The average Bonchev–Trinajstić information content (AvgIpc) is 3.24. The van der Waals surface area contributed by atoms with Crippen molar-refractivity contribution in [3.8, 4) is 0 Å². The first-order valence-electron chi connectivity index (χ1n) is 9.82. The van der Waals surface area contributed by atoms with Crippen LogP contribution in [0.4, 0.5) is 10.3 Å². The molecule has 4 heterocycles. The Kier molecular flexibility index (Phi) is 4.27. The summed E-state index contributed by atoms with van der Waals surface area (Å²) in [6.07, 6.45) is 4.39. The van der Waals surface area contributed by atoms with E-state index >= 15 is 0 Å². The van der Waals surface area contributed by atoms with Crippen LogP contribution in [0.15, 0.2) is 12.4 Å². The molecule has 27 heavy (non-hydrogen) atoms. The molecule has 4 aliphatic rings. The Morgan fingerprint density at radius 2 is 1.93 bits per heavy atom. The summed E-state index contributed by atoms with van der Waals surface area (Å²) in [7, 11) is 0. The van der Waals surface area contributed by atoms with Crippen molar-refractivity contribution >= 4 is 11.9 Å². The van der Waals surface area contributed by atoms with Gasteiger partial charge in [-0.15, -0.1) is 0 Å². The van der Waals surface area contributed by atoms with Crippen molar-refractivity contribution in [2.75, 3.05) is 57.5 Å². The van der Waals surface area contributed by atoms with Crippen molar-refractivity contribution in [2.24, 2.45) is 23.2 Å². The number of piperidine rings is 1. The number of nitrogens with zero attached hydrogens (tertiary/aromatic N) is 4. The lowest BCUT2D eigenvalue weighted by Crippen LogP contribution is -2.53. The monoisotopic (exact) mass is 376 g/mol. The maximum Gasteiger partial charge on any atom is 0.226 e. The standard InChI is InChI=1S/C19H25FN4O3/c20-13-6-21-18(22-7-13)24-4-5-26-12-19(11-24)2-1-3-23(10-19)17(25)16-14-8-27-9-15(14)16/h6-7,14-16H,1-5,8-12H2/t14-,15+,16?,19?. The molecule has 1 saturated carbocycles. The zero-order chi connectivity index (χ0) is 18.4. The Morgan fingerprint density at radius 1 is 1.15 bits per heavy atom. The summed E-state index contributed by atoms with van der Waals surface area (Å²) < 4.78 is 24.5. The molecule has 146 valence electrons. The van der Waals surface area contributed by atoms with Gasteiger partial charge in [-0.3, -0.25) is 4.79 Å². The highest BCUT2D eigenvalue weighted by atomic mass is 19.1. The Balaban J connectivity index is 1.31. The van der Waals surface area contributed by atoms with Crippen molar-refractivity contribution in [1.29, 1.82) is 0 Å². The fraction of sp³-hybridized carbons (Fsp3) is 0.737. The van der Waals surface area contributed by atoms with E-state index in [4.69, 9.17) is 9.47 Å². The van der Waals surface area contributed by atoms with Gasteiger partial charge in [0.15, 0.2) is 5.82 Å². The van der Waals surface area contributed by atoms with Gasteiger partial charge in [0.2, 0.25) is 11.9 Å².